The van der Waals surface area contributed by atoms with Crippen LogP contribution in [0.3, 0.4) is 0 Å². The van der Waals surface area contributed by atoms with Gasteiger partial charge in [-0.15, -0.1) is 0 Å². The zero-order valence-corrected chi connectivity index (χ0v) is 17.8. The zero-order chi connectivity index (χ0) is 20.7. The van der Waals surface area contributed by atoms with E-state index >= 15 is 0 Å². The second kappa shape index (κ2) is 9.82. The van der Waals surface area contributed by atoms with E-state index in [9.17, 15) is 13.2 Å². The molecule has 0 atom stereocenters. The first-order valence-corrected chi connectivity index (χ1v) is 10.8. The summed E-state index contributed by atoms with van der Waals surface area (Å²) in [6.07, 6.45) is 0. The number of nitrogens with zero attached hydrogens (tertiary/aromatic N) is 2. The molecule has 1 aromatic carbocycles. The Kier molecular flexibility index (Phi) is 7.75. The first-order chi connectivity index (χ1) is 13.3. The van der Waals surface area contributed by atoms with E-state index in [0.717, 1.165) is 11.3 Å². The fraction of sp³-hybridized carbons (Fsp3) is 0.412. The predicted molar refractivity (Wildman–Crippen MR) is 109 cm³/mol. The Balaban J connectivity index is 2.09. The van der Waals surface area contributed by atoms with E-state index in [1.807, 2.05) is 6.92 Å². The number of ether oxygens (including phenoxy) is 2. The number of thiazole rings is 1. The van der Waals surface area contributed by atoms with Gasteiger partial charge in [0.2, 0.25) is 0 Å². The SMILES string of the molecule is CCOc1ccc(NC(=O)N(C)c2nc(C)c(S(=O)(=O)NCCOC)s2)cc1. The molecule has 2 N–H and O–H groups in total. The van der Waals surface area contributed by atoms with Crippen LogP contribution in [0.15, 0.2) is 28.5 Å². The molecule has 2 amide bonds. The number of aromatic nitrogens is 1. The second-order valence-corrected chi connectivity index (χ2v) is 8.65. The lowest BCUT2D eigenvalue weighted by atomic mass is 10.3. The summed E-state index contributed by atoms with van der Waals surface area (Å²) in [6, 6.07) is 6.51. The summed E-state index contributed by atoms with van der Waals surface area (Å²) in [7, 11) is -0.704. The van der Waals surface area contributed by atoms with Gasteiger partial charge in [0.1, 0.15) is 5.75 Å². The summed E-state index contributed by atoms with van der Waals surface area (Å²) in [6.45, 7) is 4.45. The molecule has 0 unspecified atom stereocenters. The average Bonchev–Trinajstić information content (AvgIpc) is 3.05. The number of carbonyl (C=O) groups excluding carboxylic acids is 1. The van der Waals surface area contributed by atoms with Crippen molar-refractivity contribution in [2.24, 2.45) is 0 Å². The van der Waals surface area contributed by atoms with Crippen molar-refractivity contribution >= 4 is 38.2 Å². The number of anilines is 2. The molecule has 1 aromatic heterocycles. The molecule has 0 spiro atoms. The van der Waals surface area contributed by atoms with Crippen molar-refractivity contribution in [3.8, 4) is 5.75 Å². The molecule has 1 heterocycles. The summed E-state index contributed by atoms with van der Waals surface area (Å²) < 4.78 is 37.5. The number of sulfonamides is 1. The number of rotatable bonds is 9. The lowest BCUT2D eigenvalue weighted by molar-refractivity contribution is 0.204. The number of nitrogens with one attached hydrogen (secondary N) is 2. The smallest absolute Gasteiger partial charge is 0.327 e. The molecule has 11 heteroatoms. The second-order valence-electron chi connectivity index (χ2n) is 5.71. The maximum atomic E-state index is 12.5. The zero-order valence-electron chi connectivity index (χ0n) is 16.2. The van der Waals surface area contributed by atoms with Gasteiger partial charge >= 0.3 is 6.03 Å². The number of aryl methyl sites for hydroxylation is 1. The van der Waals surface area contributed by atoms with Crippen LogP contribution >= 0.6 is 11.3 Å². The predicted octanol–water partition coefficient (Wildman–Crippen LogP) is 2.44. The number of benzene rings is 1. The molecular weight excluding hydrogens is 404 g/mol. The molecule has 0 fully saturated rings. The van der Waals surface area contributed by atoms with Crippen LogP contribution in [-0.2, 0) is 14.8 Å². The van der Waals surface area contributed by atoms with Gasteiger partial charge < -0.3 is 14.8 Å². The highest BCUT2D eigenvalue weighted by atomic mass is 32.2. The standard InChI is InChI=1S/C17H24N4O5S2/c1-5-26-14-8-6-13(7-9-14)20-16(22)21(3)17-19-12(2)15(27-17)28(23,24)18-10-11-25-4/h6-9,18H,5,10-11H2,1-4H3,(H,20,22). The normalized spacial score (nSPS) is 11.3. The van der Waals surface area contributed by atoms with Gasteiger partial charge in [-0.2, -0.15) is 0 Å². The van der Waals surface area contributed by atoms with Crippen molar-refractivity contribution < 1.29 is 22.7 Å². The Labute approximate surface area is 168 Å². The molecule has 154 valence electrons. The summed E-state index contributed by atoms with van der Waals surface area (Å²) >= 11 is 0.923. The van der Waals surface area contributed by atoms with Crippen molar-refractivity contribution in [3.63, 3.8) is 0 Å². The van der Waals surface area contributed by atoms with E-state index in [1.165, 1.54) is 19.1 Å². The van der Waals surface area contributed by atoms with Gasteiger partial charge in [-0.25, -0.2) is 22.9 Å². The number of carbonyl (C=O) groups is 1. The van der Waals surface area contributed by atoms with Crippen LogP contribution in [-0.4, -0.2) is 53.3 Å². The number of methoxy groups -OCH3 is 1. The van der Waals surface area contributed by atoms with Crippen molar-refractivity contribution in [2.45, 2.75) is 18.1 Å². The highest BCUT2D eigenvalue weighted by Crippen LogP contribution is 2.29. The first kappa shape index (κ1) is 22.1. The first-order valence-electron chi connectivity index (χ1n) is 8.52. The third kappa shape index (κ3) is 5.64. The molecule has 0 aliphatic rings. The highest BCUT2D eigenvalue weighted by molar-refractivity contribution is 7.91. The molecule has 0 bridgehead atoms. The lowest BCUT2D eigenvalue weighted by Gasteiger charge is -2.15. The number of amides is 2. The summed E-state index contributed by atoms with van der Waals surface area (Å²) in [4.78, 5) is 18.0. The maximum Gasteiger partial charge on any atom is 0.327 e. The molecular formula is C17H24N4O5S2. The third-order valence-electron chi connectivity index (χ3n) is 3.59. The van der Waals surface area contributed by atoms with Gasteiger partial charge in [-0.05, 0) is 38.1 Å². The van der Waals surface area contributed by atoms with Crippen LogP contribution in [0.2, 0.25) is 0 Å². The van der Waals surface area contributed by atoms with Crippen LogP contribution in [0.4, 0.5) is 15.6 Å². The average molecular weight is 429 g/mol. The van der Waals surface area contributed by atoms with E-state index in [4.69, 9.17) is 9.47 Å². The van der Waals surface area contributed by atoms with E-state index in [2.05, 4.69) is 15.0 Å². The molecule has 0 aliphatic carbocycles. The van der Waals surface area contributed by atoms with Gasteiger partial charge in [0.15, 0.2) is 9.34 Å². The Morgan fingerprint density at radius 1 is 1.29 bits per heavy atom. The van der Waals surface area contributed by atoms with Crippen LogP contribution in [0.5, 0.6) is 5.75 Å². The summed E-state index contributed by atoms with van der Waals surface area (Å²) in [5.74, 6) is 0.709. The topological polar surface area (TPSA) is 110 Å². The molecule has 2 aromatic rings. The van der Waals surface area contributed by atoms with E-state index in [1.54, 1.807) is 31.2 Å². The van der Waals surface area contributed by atoms with Crippen molar-refractivity contribution in [3.05, 3.63) is 30.0 Å². The van der Waals surface area contributed by atoms with E-state index in [0.29, 0.717) is 23.7 Å². The van der Waals surface area contributed by atoms with Crippen molar-refractivity contribution in [2.75, 3.05) is 44.1 Å². The van der Waals surface area contributed by atoms with Gasteiger partial charge in [0.25, 0.3) is 10.0 Å². The quantitative estimate of drug-likeness (QED) is 0.594. The Bertz CT molecular complexity index is 897. The van der Waals surface area contributed by atoms with Crippen molar-refractivity contribution in [1.29, 1.82) is 0 Å². The Hall–Kier alpha value is -2.21. The van der Waals surface area contributed by atoms with E-state index in [-0.39, 0.29) is 22.5 Å². The minimum Gasteiger partial charge on any atom is -0.494 e. The number of hydrogen-bond donors (Lipinski definition) is 2. The molecule has 0 saturated heterocycles. The van der Waals surface area contributed by atoms with Gasteiger partial charge in [-0.1, -0.05) is 11.3 Å². The molecule has 0 aliphatic heterocycles. The Morgan fingerprint density at radius 2 is 1.96 bits per heavy atom. The van der Waals surface area contributed by atoms with Crippen LogP contribution in [0.1, 0.15) is 12.6 Å². The number of urea groups is 1. The van der Waals surface area contributed by atoms with Crippen LogP contribution < -0.4 is 19.7 Å². The minimum absolute atomic E-state index is 0.0688. The monoisotopic (exact) mass is 428 g/mol. The highest BCUT2D eigenvalue weighted by Gasteiger charge is 2.24. The fourth-order valence-corrected chi connectivity index (χ4v) is 4.72. The molecule has 0 saturated carbocycles. The number of hydrogen-bond acceptors (Lipinski definition) is 7. The van der Waals surface area contributed by atoms with E-state index < -0.39 is 16.1 Å². The fourth-order valence-electron chi connectivity index (χ4n) is 2.20. The maximum absolute atomic E-state index is 12.5. The largest absolute Gasteiger partial charge is 0.494 e. The van der Waals surface area contributed by atoms with Crippen LogP contribution in [0.25, 0.3) is 0 Å². The summed E-state index contributed by atoms with van der Waals surface area (Å²) in [5.41, 5.74) is 0.910. The van der Waals surface area contributed by atoms with Gasteiger partial charge in [0, 0.05) is 26.4 Å². The Morgan fingerprint density at radius 3 is 2.57 bits per heavy atom. The molecule has 9 nitrogen and oxygen atoms in total. The summed E-state index contributed by atoms with van der Waals surface area (Å²) in [5, 5.41) is 3.01. The molecule has 28 heavy (non-hydrogen) atoms. The van der Waals surface area contributed by atoms with Gasteiger partial charge in [-0.3, -0.25) is 4.90 Å². The minimum atomic E-state index is -3.72. The van der Waals surface area contributed by atoms with Crippen molar-refractivity contribution in [1.82, 2.24) is 9.71 Å². The van der Waals surface area contributed by atoms with Gasteiger partial charge in [0.05, 0.1) is 18.9 Å². The molecule has 2 rings (SSSR count). The third-order valence-corrected chi connectivity index (χ3v) is 6.90. The van der Waals surface area contributed by atoms with Crippen LogP contribution in [0, 0.1) is 6.92 Å². The molecule has 0 radical (unpaired) electrons. The lowest BCUT2D eigenvalue weighted by Crippen LogP contribution is -2.31.